The molecular weight excluding hydrogens is 244 g/mol. The van der Waals surface area contributed by atoms with Crippen molar-refractivity contribution in [2.75, 3.05) is 33.3 Å². The third-order valence-corrected chi connectivity index (χ3v) is 4.17. The van der Waals surface area contributed by atoms with Crippen LogP contribution in [0.4, 0.5) is 0 Å². The molecule has 2 heterocycles. The first kappa shape index (κ1) is 14.0. The van der Waals surface area contributed by atoms with Crippen LogP contribution in [0.2, 0.25) is 0 Å². The summed E-state index contributed by atoms with van der Waals surface area (Å²) in [7, 11) is 2.18. The van der Waals surface area contributed by atoms with Gasteiger partial charge in [0.1, 0.15) is 0 Å². The maximum atomic E-state index is 5.96. The first-order chi connectivity index (χ1) is 8.79. The van der Waals surface area contributed by atoms with Crippen LogP contribution in [0.15, 0.2) is 16.8 Å². The van der Waals surface area contributed by atoms with Crippen molar-refractivity contribution in [2.45, 2.75) is 31.9 Å². The van der Waals surface area contributed by atoms with Gasteiger partial charge in [0.15, 0.2) is 0 Å². The molecule has 1 aliphatic rings. The van der Waals surface area contributed by atoms with Gasteiger partial charge in [0, 0.05) is 19.1 Å². The van der Waals surface area contributed by atoms with Crippen LogP contribution in [-0.4, -0.2) is 50.3 Å². The Labute approximate surface area is 114 Å². The minimum atomic E-state index is 0.315. The molecule has 2 rings (SSSR count). The van der Waals surface area contributed by atoms with E-state index in [9.17, 15) is 0 Å². The molecule has 1 aromatic heterocycles. The van der Waals surface area contributed by atoms with E-state index in [1.807, 2.05) is 0 Å². The molecule has 0 bridgehead atoms. The molecule has 0 radical (unpaired) electrons. The summed E-state index contributed by atoms with van der Waals surface area (Å²) in [5.41, 5.74) is 1.42. The van der Waals surface area contributed by atoms with Crippen LogP contribution in [0.3, 0.4) is 0 Å². The second-order valence-corrected chi connectivity index (χ2v) is 5.85. The fraction of sp³-hybridized carbons (Fsp3) is 0.714. The van der Waals surface area contributed by atoms with Crippen LogP contribution < -0.4 is 5.32 Å². The summed E-state index contributed by atoms with van der Waals surface area (Å²) in [5.74, 6) is 0. The van der Waals surface area contributed by atoms with Crippen LogP contribution in [0, 0.1) is 0 Å². The molecule has 0 aliphatic carbocycles. The monoisotopic (exact) mass is 268 g/mol. The molecule has 1 aromatic rings. The number of morpholine rings is 1. The van der Waals surface area contributed by atoms with Gasteiger partial charge >= 0.3 is 0 Å². The van der Waals surface area contributed by atoms with Crippen LogP contribution in [0.1, 0.15) is 18.9 Å². The van der Waals surface area contributed by atoms with Gasteiger partial charge in [-0.05, 0) is 48.8 Å². The van der Waals surface area contributed by atoms with Crippen molar-refractivity contribution in [2.24, 2.45) is 0 Å². The molecule has 4 heteroatoms. The minimum Gasteiger partial charge on any atom is -0.374 e. The highest BCUT2D eigenvalue weighted by molar-refractivity contribution is 7.07. The summed E-state index contributed by atoms with van der Waals surface area (Å²) < 4.78 is 5.96. The standard InChI is InChI=1S/C14H24N2OS/c1-3-5-15-13(9-12-4-8-18-11-12)14-10-16(2)6-7-17-14/h4,8,11,13-15H,3,5-7,9-10H2,1-2H3. The van der Waals surface area contributed by atoms with E-state index >= 15 is 0 Å². The van der Waals surface area contributed by atoms with Crippen LogP contribution in [0.5, 0.6) is 0 Å². The van der Waals surface area contributed by atoms with E-state index in [4.69, 9.17) is 4.74 Å². The zero-order chi connectivity index (χ0) is 12.8. The molecule has 0 amide bonds. The topological polar surface area (TPSA) is 24.5 Å². The molecule has 2 atom stereocenters. The van der Waals surface area contributed by atoms with Gasteiger partial charge in [-0.1, -0.05) is 6.92 Å². The molecule has 102 valence electrons. The van der Waals surface area contributed by atoms with Gasteiger partial charge in [-0.2, -0.15) is 11.3 Å². The van der Waals surface area contributed by atoms with Crippen molar-refractivity contribution in [1.82, 2.24) is 10.2 Å². The highest BCUT2D eigenvalue weighted by Gasteiger charge is 2.26. The number of ether oxygens (including phenoxy) is 1. The summed E-state index contributed by atoms with van der Waals surface area (Å²) in [4.78, 5) is 2.36. The van der Waals surface area contributed by atoms with E-state index in [0.717, 1.165) is 32.7 Å². The molecule has 18 heavy (non-hydrogen) atoms. The Balaban J connectivity index is 1.94. The van der Waals surface area contributed by atoms with E-state index in [1.54, 1.807) is 11.3 Å². The lowest BCUT2D eigenvalue weighted by Crippen LogP contribution is -2.52. The molecule has 2 unspecified atom stereocenters. The van der Waals surface area contributed by atoms with Gasteiger partial charge in [-0.3, -0.25) is 0 Å². The van der Waals surface area contributed by atoms with Gasteiger partial charge in [-0.25, -0.2) is 0 Å². The van der Waals surface area contributed by atoms with Crippen molar-refractivity contribution < 1.29 is 4.74 Å². The van der Waals surface area contributed by atoms with Crippen LogP contribution >= 0.6 is 11.3 Å². The molecular formula is C14H24N2OS. The lowest BCUT2D eigenvalue weighted by molar-refractivity contribution is -0.0383. The van der Waals surface area contributed by atoms with E-state index in [1.165, 1.54) is 12.0 Å². The van der Waals surface area contributed by atoms with Crippen LogP contribution in [0.25, 0.3) is 0 Å². The summed E-state index contributed by atoms with van der Waals surface area (Å²) in [6.07, 6.45) is 2.56. The number of nitrogens with one attached hydrogen (secondary N) is 1. The first-order valence-corrected chi connectivity index (χ1v) is 7.78. The summed E-state index contributed by atoms with van der Waals surface area (Å²) in [6.45, 7) is 6.22. The zero-order valence-corrected chi connectivity index (χ0v) is 12.2. The van der Waals surface area contributed by atoms with E-state index < -0.39 is 0 Å². The van der Waals surface area contributed by atoms with Gasteiger partial charge in [-0.15, -0.1) is 0 Å². The third-order valence-electron chi connectivity index (χ3n) is 3.44. The van der Waals surface area contributed by atoms with E-state index in [0.29, 0.717) is 12.1 Å². The van der Waals surface area contributed by atoms with Crippen molar-refractivity contribution >= 4 is 11.3 Å². The van der Waals surface area contributed by atoms with Gasteiger partial charge in [0.25, 0.3) is 0 Å². The lowest BCUT2D eigenvalue weighted by atomic mass is 10.0. The maximum Gasteiger partial charge on any atom is 0.0858 e. The Hall–Kier alpha value is -0.420. The quantitative estimate of drug-likeness (QED) is 0.854. The minimum absolute atomic E-state index is 0.315. The Morgan fingerprint density at radius 2 is 2.50 bits per heavy atom. The normalized spacial score (nSPS) is 23.1. The highest BCUT2D eigenvalue weighted by atomic mass is 32.1. The molecule has 1 N–H and O–H groups in total. The maximum absolute atomic E-state index is 5.96. The van der Waals surface area contributed by atoms with Gasteiger partial charge in [0.05, 0.1) is 12.7 Å². The van der Waals surface area contributed by atoms with Crippen molar-refractivity contribution in [1.29, 1.82) is 0 Å². The second-order valence-electron chi connectivity index (χ2n) is 5.07. The molecule has 3 nitrogen and oxygen atoms in total. The Kier molecular flexibility index (Phi) is 5.63. The summed E-state index contributed by atoms with van der Waals surface area (Å²) in [5, 5.41) is 8.05. The molecule has 1 saturated heterocycles. The van der Waals surface area contributed by atoms with Gasteiger partial charge in [0.2, 0.25) is 0 Å². The van der Waals surface area contributed by atoms with E-state index in [-0.39, 0.29) is 0 Å². The van der Waals surface area contributed by atoms with Crippen molar-refractivity contribution in [3.8, 4) is 0 Å². The fourth-order valence-corrected chi connectivity index (χ4v) is 3.06. The largest absolute Gasteiger partial charge is 0.374 e. The molecule has 0 spiro atoms. The number of rotatable bonds is 6. The predicted octanol–water partition coefficient (Wildman–Crippen LogP) is 1.99. The molecule has 0 aromatic carbocycles. The van der Waals surface area contributed by atoms with Crippen molar-refractivity contribution in [3.05, 3.63) is 22.4 Å². The van der Waals surface area contributed by atoms with Crippen LogP contribution in [-0.2, 0) is 11.2 Å². The average molecular weight is 268 g/mol. The predicted molar refractivity (Wildman–Crippen MR) is 77.3 cm³/mol. The number of hydrogen-bond acceptors (Lipinski definition) is 4. The number of thiophene rings is 1. The molecule has 1 aliphatic heterocycles. The fourth-order valence-electron chi connectivity index (χ4n) is 2.38. The Morgan fingerprint density at radius 1 is 1.61 bits per heavy atom. The number of nitrogens with zero attached hydrogens (tertiary/aromatic N) is 1. The lowest BCUT2D eigenvalue weighted by Gasteiger charge is -2.35. The number of hydrogen-bond donors (Lipinski definition) is 1. The molecule has 0 saturated carbocycles. The van der Waals surface area contributed by atoms with E-state index in [2.05, 4.69) is 41.0 Å². The van der Waals surface area contributed by atoms with Crippen molar-refractivity contribution in [3.63, 3.8) is 0 Å². The second kappa shape index (κ2) is 7.24. The summed E-state index contributed by atoms with van der Waals surface area (Å²) in [6, 6.07) is 2.65. The number of likely N-dealkylation sites (N-methyl/N-ethyl adjacent to an activating group) is 1. The SMILES string of the molecule is CCCNC(Cc1ccsc1)C1CN(C)CCO1. The Bertz CT molecular complexity index is 329. The average Bonchev–Trinajstić information content (AvgIpc) is 2.87. The molecule has 1 fully saturated rings. The summed E-state index contributed by atoms with van der Waals surface area (Å²) >= 11 is 1.77. The highest BCUT2D eigenvalue weighted by Crippen LogP contribution is 2.15. The third kappa shape index (κ3) is 4.05. The zero-order valence-electron chi connectivity index (χ0n) is 11.4. The first-order valence-electron chi connectivity index (χ1n) is 6.84. The van der Waals surface area contributed by atoms with Gasteiger partial charge < -0.3 is 15.0 Å². The smallest absolute Gasteiger partial charge is 0.0858 e. The Morgan fingerprint density at radius 3 is 3.17 bits per heavy atom.